The number of nitrogens with zero attached hydrogens (tertiary/aromatic N) is 1. The van der Waals surface area contributed by atoms with Crippen molar-refractivity contribution >= 4 is 29.7 Å². The zero-order valence-corrected chi connectivity index (χ0v) is 19.6. The number of carbonyl (C=O) groups excluding carboxylic acids is 2. The highest BCUT2D eigenvalue weighted by molar-refractivity contribution is 7.98. The number of hydrogen-bond donors (Lipinski definition) is 3. The molecule has 1 aromatic heterocycles. The summed E-state index contributed by atoms with van der Waals surface area (Å²) in [6.45, 7) is 1.88. The number of nitrogens with one attached hydrogen (secondary N) is 2. The van der Waals surface area contributed by atoms with Crippen LogP contribution < -0.4 is 27.6 Å². The van der Waals surface area contributed by atoms with Gasteiger partial charge in [-0.25, -0.2) is 9.59 Å². The first-order chi connectivity index (χ1) is 14.9. The maximum atomic E-state index is 12.3. The summed E-state index contributed by atoms with van der Waals surface area (Å²) in [6.07, 6.45) is 5.57. The summed E-state index contributed by atoms with van der Waals surface area (Å²) in [6, 6.07) is 11.9. The van der Waals surface area contributed by atoms with E-state index < -0.39 is 24.0 Å². The molecule has 0 fully saturated rings. The number of pyridine rings is 1. The summed E-state index contributed by atoms with van der Waals surface area (Å²) < 4.78 is 6.81. The Bertz CT molecular complexity index is 868. The number of hydrogen-bond acceptors (Lipinski definition) is 5. The van der Waals surface area contributed by atoms with Gasteiger partial charge in [-0.2, -0.15) is 16.3 Å². The number of aliphatic carboxylic acids is 1. The predicted octanol–water partition coefficient (Wildman–Crippen LogP) is -0.771. The molecule has 0 aliphatic rings. The third kappa shape index (κ3) is 9.57. The van der Waals surface area contributed by atoms with Gasteiger partial charge in [0.05, 0.1) is 5.56 Å². The average Bonchev–Trinajstić information content (AvgIpc) is 2.75. The first-order valence-corrected chi connectivity index (χ1v) is 11.3. The fourth-order valence-corrected chi connectivity index (χ4v) is 3.30. The third-order valence-electron chi connectivity index (χ3n) is 4.46. The van der Waals surface area contributed by atoms with Crippen molar-refractivity contribution in [3.05, 3.63) is 66.0 Å². The average molecular weight is 482 g/mol. The molecular weight excluding hydrogens is 454 g/mol. The molecule has 1 aromatic carbocycles. The Balaban J connectivity index is 0.00000512. The zero-order valence-electron chi connectivity index (χ0n) is 18.0. The number of rotatable bonds is 11. The van der Waals surface area contributed by atoms with Crippen LogP contribution in [0.4, 0.5) is 4.79 Å². The molecule has 2 atom stereocenters. The van der Waals surface area contributed by atoms with Gasteiger partial charge in [0.2, 0.25) is 0 Å². The molecule has 0 spiro atoms. The third-order valence-corrected chi connectivity index (χ3v) is 5.11. The second-order valence-corrected chi connectivity index (χ2v) is 8.03. The minimum absolute atomic E-state index is 0. The topological polar surface area (TPSA) is 109 Å². The standard InChI is InChI=1S/C22H27N3O5S.ClH/c1-16(14-17-6-4-3-5-7-17)23-22(29)30-15-25-11-8-18(9-12-25)20(26)24-19(21(27)28)10-13-31-2;/h3-9,11-12,16,19H,10,13-15H2,1-2H3,(H2-,23,24,26,27,28,29);1H/t16-,19-;/m0./s1. The van der Waals surface area contributed by atoms with E-state index in [0.717, 1.165) is 5.56 Å². The van der Waals surface area contributed by atoms with Gasteiger partial charge >= 0.3 is 12.1 Å². The molecule has 0 unspecified atom stereocenters. The lowest BCUT2D eigenvalue weighted by atomic mass is 10.1. The van der Waals surface area contributed by atoms with Crippen LogP contribution in [0.25, 0.3) is 0 Å². The van der Waals surface area contributed by atoms with Crippen LogP contribution in [0.15, 0.2) is 54.9 Å². The lowest BCUT2D eigenvalue weighted by molar-refractivity contribution is -0.727. The molecule has 8 nitrogen and oxygen atoms in total. The summed E-state index contributed by atoms with van der Waals surface area (Å²) in [5.41, 5.74) is 1.45. The number of carboxylic acids is 1. The Kier molecular flexibility index (Phi) is 12.2. The molecule has 0 saturated carbocycles. The molecule has 2 aromatic rings. The van der Waals surface area contributed by atoms with Crippen molar-refractivity contribution in [2.45, 2.75) is 38.6 Å². The fourth-order valence-electron chi connectivity index (χ4n) is 2.82. The lowest BCUT2D eigenvalue weighted by Gasteiger charge is -2.14. The zero-order chi connectivity index (χ0) is 22.6. The van der Waals surface area contributed by atoms with E-state index in [2.05, 4.69) is 10.6 Å². The van der Waals surface area contributed by atoms with E-state index >= 15 is 0 Å². The molecule has 3 N–H and O–H groups in total. The summed E-state index contributed by atoms with van der Waals surface area (Å²) in [4.78, 5) is 35.6. The largest absolute Gasteiger partial charge is 1.00 e. The van der Waals surface area contributed by atoms with E-state index in [4.69, 9.17) is 4.74 Å². The van der Waals surface area contributed by atoms with Gasteiger partial charge in [-0.15, -0.1) is 0 Å². The number of carboxylic acid groups (broad SMARTS) is 1. The van der Waals surface area contributed by atoms with Crippen molar-refractivity contribution in [2.75, 3.05) is 12.0 Å². The lowest BCUT2D eigenvalue weighted by Crippen LogP contribution is -3.00. The first-order valence-electron chi connectivity index (χ1n) is 9.88. The fraction of sp³-hybridized carbons (Fsp3) is 0.364. The van der Waals surface area contributed by atoms with Crippen LogP contribution in [0.1, 0.15) is 29.3 Å². The highest BCUT2D eigenvalue weighted by atomic mass is 35.5. The van der Waals surface area contributed by atoms with Gasteiger partial charge in [-0.1, -0.05) is 30.3 Å². The van der Waals surface area contributed by atoms with Crippen LogP contribution in [0, 0.1) is 0 Å². The van der Waals surface area contributed by atoms with Gasteiger partial charge in [0.15, 0.2) is 12.4 Å². The van der Waals surface area contributed by atoms with Crippen LogP contribution in [-0.4, -0.2) is 47.2 Å². The summed E-state index contributed by atoms with van der Waals surface area (Å²) in [5, 5.41) is 14.5. The number of benzene rings is 1. The van der Waals surface area contributed by atoms with Crippen molar-refractivity contribution < 1.29 is 41.2 Å². The monoisotopic (exact) mass is 481 g/mol. The van der Waals surface area contributed by atoms with E-state index in [0.29, 0.717) is 24.2 Å². The van der Waals surface area contributed by atoms with Crippen molar-refractivity contribution in [1.29, 1.82) is 0 Å². The quantitative estimate of drug-likeness (QED) is 0.364. The normalized spacial score (nSPS) is 12.1. The van der Waals surface area contributed by atoms with Crippen LogP contribution in [0.5, 0.6) is 0 Å². The van der Waals surface area contributed by atoms with E-state index in [-0.39, 0.29) is 25.2 Å². The molecule has 2 amide bonds. The molecule has 0 aliphatic carbocycles. The van der Waals surface area contributed by atoms with Crippen molar-refractivity contribution in [3.8, 4) is 0 Å². The molecule has 0 aliphatic heterocycles. The Labute approximate surface area is 198 Å². The second kappa shape index (κ2) is 14.3. The second-order valence-electron chi connectivity index (χ2n) is 7.04. The van der Waals surface area contributed by atoms with Gasteiger partial charge in [0.1, 0.15) is 6.04 Å². The highest BCUT2D eigenvalue weighted by Gasteiger charge is 2.20. The number of halogens is 1. The first kappa shape index (κ1) is 27.3. The molecule has 0 bridgehead atoms. The number of aromatic nitrogens is 1. The SMILES string of the molecule is CSCC[C@H](NC(=O)c1cc[n+](COC(=O)N[C@@H](C)Cc2ccccc2)cc1)C(=O)O.[Cl-]. The molecule has 1 heterocycles. The summed E-state index contributed by atoms with van der Waals surface area (Å²) in [5.74, 6) is -0.890. The summed E-state index contributed by atoms with van der Waals surface area (Å²) >= 11 is 1.52. The Morgan fingerprint density at radius 1 is 1.09 bits per heavy atom. The smallest absolute Gasteiger partial charge is 0.412 e. The summed E-state index contributed by atoms with van der Waals surface area (Å²) in [7, 11) is 0. The van der Waals surface area contributed by atoms with E-state index in [1.807, 2.05) is 43.5 Å². The Morgan fingerprint density at radius 2 is 1.75 bits per heavy atom. The number of amides is 2. The van der Waals surface area contributed by atoms with E-state index in [1.165, 1.54) is 11.8 Å². The van der Waals surface area contributed by atoms with E-state index in [9.17, 15) is 19.5 Å². The van der Waals surface area contributed by atoms with Gasteiger partial charge in [0.25, 0.3) is 12.6 Å². The Morgan fingerprint density at radius 3 is 2.34 bits per heavy atom. The predicted molar refractivity (Wildman–Crippen MR) is 118 cm³/mol. The maximum Gasteiger partial charge on any atom is 0.412 e. The van der Waals surface area contributed by atoms with Gasteiger partial charge in [-0.05, 0) is 37.3 Å². The molecule has 174 valence electrons. The molecular formula is C22H28ClN3O5S. The molecule has 10 heteroatoms. The molecule has 32 heavy (non-hydrogen) atoms. The van der Waals surface area contributed by atoms with Crippen LogP contribution in [0.2, 0.25) is 0 Å². The van der Waals surface area contributed by atoms with Crippen LogP contribution in [0.3, 0.4) is 0 Å². The number of thioether (sulfide) groups is 1. The molecule has 0 saturated heterocycles. The van der Waals surface area contributed by atoms with Gasteiger partial charge in [-0.3, -0.25) is 4.79 Å². The number of ether oxygens (including phenoxy) is 1. The van der Waals surface area contributed by atoms with Crippen molar-refractivity contribution in [1.82, 2.24) is 10.6 Å². The highest BCUT2D eigenvalue weighted by Crippen LogP contribution is 2.04. The van der Waals surface area contributed by atoms with Crippen molar-refractivity contribution in [3.63, 3.8) is 0 Å². The van der Waals surface area contributed by atoms with Crippen LogP contribution in [-0.2, 0) is 22.7 Å². The minimum Gasteiger partial charge on any atom is -1.00 e. The molecule has 0 radical (unpaired) electrons. The van der Waals surface area contributed by atoms with Crippen LogP contribution >= 0.6 is 11.8 Å². The number of carbonyl (C=O) groups is 3. The Hall–Kier alpha value is -2.78. The van der Waals surface area contributed by atoms with Crippen molar-refractivity contribution in [2.24, 2.45) is 0 Å². The van der Waals surface area contributed by atoms with Gasteiger partial charge in [0, 0.05) is 18.2 Å². The van der Waals surface area contributed by atoms with E-state index in [1.54, 1.807) is 29.1 Å². The maximum absolute atomic E-state index is 12.3. The minimum atomic E-state index is -1.06. The molecule has 2 rings (SSSR count). The van der Waals surface area contributed by atoms with Gasteiger partial charge < -0.3 is 32.9 Å². The number of alkyl carbamates (subject to hydrolysis) is 1.